The summed E-state index contributed by atoms with van der Waals surface area (Å²) in [6.07, 6.45) is 6.17. The molecule has 0 N–H and O–H groups in total. The van der Waals surface area contributed by atoms with Crippen LogP contribution in [0.4, 0.5) is 0 Å². The molecule has 0 atom stereocenters. The topological polar surface area (TPSA) is 52.1 Å². The number of aromatic nitrogens is 2. The molecule has 0 bridgehead atoms. The number of esters is 1. The van der Waals surface area contributed by atoms with Crippen molar-refractivity contribution >= 4 is 5.97 Å². The minimum absolute atomic E-state index is 0.353. The molecule has 4 heteroatoms. The van der Waals surface area contributed by atoms with Crippen LogP contribution >= 0.6 is 0 Å². The Hall–Kier alpha value is -1.45. The van der Waals surface area contributed by atoms with Crippen molar-refractivity contribution in [2.24, 2.45) is 0 Å². The van der Waals surface area contributed by atoms with Gasteiger partial charge in [-0.1, -0.05) is 13.3 Å². The van der Waals surface area contributed by atoms with Crippen LogP contribution in [0.2, 0.25) is 0 Å². The lowest BCUT2D eigenvalue weighted by Crippen LogP contribution is -2.06. The van der Waals surface area contributed by atoms with Crippen molar-refractivity contribution in [3.8, 4) is 0 Å². The van der Waals surface area contributed by atoms with Crippen LogP contribution in [0.5, 0.6) is 0 Å². The van der Waals surface area contributed by atoms with E-state index in [4.69, 9.17) is 4.74 Å². The van der Waals surface area contributed by atoms with Crippen LogP contribution in [0.25, 0.3) is 0 Å². The van der Waals surface area contributed by atoms with E-state index in [1.807, 2.05) is 6.92 Å². The third kappa shape index (κ3) is 3.19. The highest BCUT2D eigenvalue weighted by Gasteiger charge is 2.05. The lowest BCUT2D eigenvalue weighted by atomic mass is 10.3. The van der Waals surface area contributed by atoms with E-state index in [9.17, 15) is 4.79 Å². The van der Waals surface area contributed by atoms with Gasteiger partial charge >= 0.3 is 5.97 Å². The van der Waals surface area contributed by atoms with Gasteiger partial charge in [0.25, 0.3) is 0 Å². The maximum atomic E-state index is 11.2. The summed E-state index contributed by atoms with van der Waals surface area (Å²) < 4.78 is 4.95. The molecule has 4 nitrogen and oxygen atoms in total. The van der Waals surface area contributed by atoms with Crippen molar-refractivity contribution in [2.45, 2.75) is 19.8 Å². The zero-order chi connectivity index (χ0) is 9.52. The monoisotopic (exact) mass is 180 g/mol. The summed E-state index contributed by atoms with van der Waals surface area (Å²) in [5.74, 6) is -0.353. The lowest BCUT2D eigenvalue weighted by Gasteiger charge is -2.01. The molecule has 70 valence electrons. The second-order valence-corrected chi connectivity index (χ2v) is 2.62. The molecule has 1 rings (SSSR count). The van der Waals surface area contributed by atoms with Crippen molar-refractivity contribution in [3.63, 3.8) is 0 Å². The van der Waals surface area contributed by atoms with E-state index >= 15 is 0 Å². The van der Waals surface area contributed by atoms with Crippen molar-refractivity contribution in [3.05, 3.63) is 24.3 Å². The number of nitrogens with zero attached hydrogens (tertiary/aromatic N) is 2. The Morgan fingerprint density at radius 1 is 1.46 bits per heavy atom. The Kier molecular flexibility index (Phi) is 3.88. The van der Waals surface area contributed by atoms with E-state index in [0.29, 0.717) is 12.2 Å². The van der Waals surface area contributed by atoms with Gasteiger partial charge in [-0.05, 0) is 6.42 Å². The Morgan fingerprint density at radius 3 is 2.77 bits per heavy atom. The molecule has 0 aliphatic rings. The highest BCUT2D eigenvalue weighted by Crippen LogP contribution is 1.98. The molecule has 1 aromatic heterocycles. The van der Waals surface area contributed by atoms with Gasteiger partial charge in [0.2, 0.25) is 0 Å². The summed E-state index contributed by atoms with van der Waals surface area (Å²) in [6, 6.07) is 0. The molecule has 13 heavy (non-hydrogen) atoms. The second-order valence-electron chi connectivity index (χ2n) is 2.62. The van der Waals surface area contributed by atoms with E-state index in [-0.39, 0.29) is 5.97 Å². The van der Waals surface area contributed by atoms with Crippen molar-refractivity contribution < 1.29 is 9.53 Å². The molecule has 0 aromatic carbocycles. The molecule has 1 heterocycles. The molecule has 0 saturated heterocycles. The maximum absolute atomic E-state index is 11.2. The Balaban J connectivity index is 2.40. The Labute approximate surface area is 77.0 Å². The Bertz CT molecular complexity index is 262. The lowest BCUT2D eigenvalue weighted by molar-refractivity contribution is 0.0498. The Morgan fingerprint density at radius 2 is 2.15 bits per heavy atom. The fraction of sp³-hybridized carbons (Fsp3) is 0.444. The molecule has 0 unspecified atom stereocenters. The molecule has 0 aliphatic heterocycles. The highest BCUT2D eigenvalue weighted by molar-refractivity contribution is 5.88. The molecule has 0 amide bonds. The first-order valence-electron chi connectivity index (χ1n) is 4.26. The zero-order valence-electron chi connectivity index (χ0n) is 7.56. The molecule has 0 aliphatic carbocycles. The number of carbonyl (C=O) groups is 1. The van der Waals surface area contributed by atoms with E-state index < -0.39 is 0 Å². The van der Waals surface area contributed by atoms with Gasteiger partial charge in [0.05, 0.1) is 12.2 Å². The molecular weight excluding hydrogens is 168 g/mol. The summed E-state index contributed by atoms with van der Waals surface area (Å²) in [7, 11) is 0. The predicted octanol–water partition coefficient (Wildman–Crippen LogP) is 1.43. The van der Waals surface area contributed by atoms with E-state index in [1.54, 1.807) is 0 Å². The minimum Gasteiger partial charge on any atom is -0.462 e. The van der Waals surface area contributed by atoms with Crippen molar-refractivity contribution in [1.29, 1.82) is 0 Å². The summed E-state index contributed by atoms with van der Waals surface area (Å²) in [5, 5.41) is 0. The second kappa shape index (κ2) is 5.24. The number of hydrogen-bond donors (Lipinski definition) is 0. The molecule has 1 aromatic rings. The van der Waals surface area contributed by atoms with Crippen LogP contribution < -0.4 is 0 Å². The van der Waals surface area contributed by atoms with Crippen LogP contribution in [0.15, 0.2) is 18.7 Å². The third-order valence-electron chi connectivity index (χ3n) is 1.53. The van der Waals surface area contributed by atoms with Crippen molar-refractivity contribution in [2.75, 3.05) is 6.61 Å². The van der Waals surface area contributed by atoms with Crippen LogP contribution in [0, 0.1) is 0 Å². The quantitative estimate of drug-likeness (QED) is 0.519. The van der Waals surface area contributed by atoms with E-state index in [1.165, 1.54) is 18.7 Å². The van der Waals surface area contributed by atoms with E-state index in [2.05, 4.69) is 9.97 Å². The maximum Gasteiger partial charge on any atom is 0.341 e. The number of rotatable bonds is 4. The number of unbranched alkanes of at least 4 members (excludes halogenated alkanes) is 1. The smallest absolute Gasteiger partial charge is 0.341 e. The normalized spacial score (nSPS) is 9.62. The van der Waals surface area contributed by atoms with Crippen LogP contribution in [0.1, 0.15) is 30.1 Å². The third-order valence-corrected chi connectivity index (χ3v) is 1.53. The molecule has 0 saturated carbocycles. The standard InChI is InChI=1S/C9H12N2O2/c1-2-3-4-13-9(12)8-5-10-7-11-6-8/h5-7H,2-4H2,1H3. The van der Waals surface area contributed by atoms with Gasteiger partial charge < -0.3 is 4.74 Å². The number of ether oxygens (including phenoxy) is 1. The van der Waals surface area contributed by atoms with Gasteiger partial charge in [0.15, 0.2) is 0 Å². The largest absolute Gasteiger partial charge is 0.462 e. The summed E-state index contributed by atoms with van der Waals surface area (Å²) >= 11 is 0. The average molecular weight is 180 g/mol. The zero-order valence-corrected chi connectivity index (χ0v) is 7.56. The molecule has 0 spiro atoms. The minimum atomic E-state index is -0.353. The highest BCUT2D eigenvalue weighted by atomic mass is 16.5. The first-order chi connectivity index (χ1) is 6.34. The van der Waals surface area contributed by atoms with Gasteiger partial charge in [-0.25, -0.2) is 14.8 Å². The first kappa shape index (κ1) is 9.64. The predicted molar refractivity (Wildman–Crippen MR) is 47.2 cm³/mol. The van der Waals surface area contributed by atoms with Crippen LogP contribution in [-0.4, -0.2) is 22.5 Å². The molecular formula is C9H12N2O2. The average Bonchev–Trinajstić information content (AvgIpc) is 2.19. The van der Waals surface area contributed by atoms with Gasteiger partial charge in [-0.2, -0.15) is 0 Å². The molecule has 0 radical (unpaired) electrons. The fourth-order valence-electron chi connectivity index (χ4n) is 0.797. The summed E-state index contributed by atoms with van der Waals surface area (Å²) in [6.45, 7) is 2.50. The summed E-state index contributed by atoms with van der Waals surface area (Å²) in [4.78, 5) is 18.7. The fourth-order valence-corrected chi connectivity index (χ4v) is 0.797. The van der Waals surface area contributed by atoms with Gasteiger partial charge in [-0.3, -0.25) is 0 Å². The van der Waals surface area contributed by atoms with Crippen LogP contribution in [0.3, 0.4) is 0 Å². The molecule has 0 fully saturated rings. The number of carbonyl (C=O) groups excluding carboxylic acids is 1. The van der Waals surface area contributed by atoms with E-state index in [0.717, 1.165) is 12.8 Å². The number of hydrogen-bond acceptors (Lipinski definition) is 4. The van der Waals surface area contributed by atoms with Gasteiger partial charge in [0, 0.05) is 12.4 Å². The van der Waals surface area contributed by atoms with Crippen molar-refractivity contribution in [1.82, 2.24) is 9.97 Å². The summed E-state index contributed by atoms with van der Waals surface area (Å²) in [5.41, 5.74) is 0.401. The van der Waals surface area contributed by atoms with Gasteiger partial charge in [0.1, 0.15) is 6.33 Å². The van der Waals surface area contributed by atoms with Gasteiger partial charge in [-0.15, -0.1) is 0 Å². The SMILES string of the molecule is CCCCOC(=O)c1cncnc1. The first-order valence-corrected chi connectivity index (χ1v) is 4.26. The van der Waals surface area contributed by atoms with Crippen LogP contribution in [-0.2, 0) is 4.74 Å².